The Labute approximate surface area is 146 Å². The quantitative estimate of drug-likeness (QED) is 0.887. The van der Waals surface area contributed by atoms with E-state index in [1.54, 1.807) is 0 Å². The molecule has 2 aliphatic heterocycles. The van der Waals surface area contributed by atoms with Crippen LogP contribution in [-0.2, 0) is 6.42 Å². The minimum absolute atomic E-state index is 0. The highest BCUT2D eigenvalue weighted by Crippen LogP contribution is 2.40. The molecule has 1 fully saturated rings. The first kappa shape index (κ1) is 19.6. The molecular weight excluding hydrogens is 319 g/mol. The van der Waals surface area contributed by atoms with E-state index in [9.17, 15) is 0 Å². The Bertz CT molecular complexity index is 482. The van der Waals surface area contributed by atoms with Crippen molar-refractivity contribution in [3.8, 4) is 5.75 Å². The van der Waals surface area contributed by atoms with E-state index in [4.69, 9.17) is 4.74 Å². The molecule has 126 valence electrons. The van der Waals surface area contributed by atoms with Crippen molar-refractivity contribution >= 4 is 24.8 Å². The van der Waals surface area contributed by atoms with Crippen molar-refractivity contribution in [3.05, 3.63) is 29.3 Å². The lowest BCUT2D eigenvalue weighted by molar-refractivity contribution is 0.0862. The van der Waals surface area contributed by atoms with Crippen LogP contribution in [0.2, 0.25) is 0 Å². The lowest BCUT2D eigenvalue weighted by Gasteiger charge is -2.42. The Kier molecular flexibility index (Phi) is 7.00. The number of hydrogen-bond acceptors (Lipinski definition) is 3. The zero-order valence-electron chi connectivity index (χ0n) is 13.7. The number of ether oxygens (including phenoxy) is 1. The van der Waals surface area contributed by atoms with E-state index >= 15 is 0 Å². The van der Waals surface area contributed by atoms with E-state index in [0.29, 0.717) is 6.04 Å². The second-order valence-electron chi connectivity index (χ2n) is 7.02. The first-order valence-electron chi connectivity index (χ1n) is 7.76. The molecule has 0 aromatic heterocycles. The number of nitrogens with one attached hydrogen (secondary N) is 1. The van der Waals surface area contributed by atoms with Gasteiger partial charge in [-0.05, 0) is 22.6 Å². The van der Waals surface area contributed by atoms with Crippen molar-refractivity contribution < 1.29 is 4.74 Å². The summed E-state index contributed by atoms with van der Waals surface area (Å²) in [4.78, 5) is 2.63. The van der Waals surface area contributed by atoms with Crippen LogP contribution in [0.1, 0.15) is 37.9 Å². The summed E-state index contributed by atoms with van der Waals surface area (Å²) >= 11 is 0. The van der Waals surface area contributed by atoms with Crippen LogP contribution in [0.3, 0.4) is 0 Å². The van der Waals surface area contributed by atoms with E-state index in [0.717, 1.165) is 45.0 Å². The summed E-state index contributed by atoms with van der Waals surface area (Å²) in [6.07, 6.45) is 1.06. The molecule has 0 spiro atoms. The molecule has 2 heterocycles. The number of fused-ring (bicyclic) bond motifs is 1. The Balaban J connectivity index is 0.00000121. The third kappa shape index (κ3) is 4.08. The maximum absolute atomic E-state index is 5.64. The van der Waals surface area contributed by atoms with Gasteiger partial charge in [0.15, 0.2) is 0 Å². The van der Waals surface area contributed by atoms with Crippen LogP contribution in [0.25, 0.3) is 0 Å². The minimum atomic E-state index is 0. The van der Waals surface area contributed by atoms with E-state index in [2.05, 4.69) is 49.2 Å². The summed E-state index contributed by atoms with van der Waals surface area (Å²) in [6, 6.07) is 7.29. The third-order valence-corrected chi connectivity index (χ3v) is 4.37. The van der Waals surface area contributed by atoms with Gasteiger partial charge in [-0.25, -0.2) is 0 Å². The molecule has 0 aliphatic carbocycles. The lowest BCUT2D eigenvalue weighted by atomic mass is 9.80. The van der Waals surface area contributed by atoms with Gasteiger partial charge in [-0.2, -0.15) is 0 Å². The predicted octanol–water partition coefficient (Wildman–Crippen LogP) is 3.46. The highest BCUT2D eigenvalue weighted by Gasteiger charge is 2.33. The lowest BCUT2D eigenvalue weighted by Crippen LogP contribution is -2.48. The smallest absolute Gasteiger partial charge is 0.122 e. The number of rotatable bonds is 2. The largest absolute Gasteiger partial charge is 0.493 e. The van der Waals surface area contributed by atoms with Crippen LogP contribution in [0, 0.1) is 5.41 Å². The molecule has 1 aromatic carbocycles. The van der Waals surface area contributed by atoms with Crippen LogP contribution >= 0.6 is 24.8 Å². The predicted molar refractivity (Wildman–Crippen MR) is 96.8 cm³/mol. The summed E-state index contributed by atoms with van der Waals surface area (Å²) in [5, 5.41) is 3.45. The fourth-order valence-electron chi connectivity index (χ4n) is 3.58. The van der Waals surface area contributed by atoms with Gasteiger partial charge in [-0.15, -0.1) is 24.8 Å². The van der Waals surface area contributed by atoms with Crippen molar-refractivity contribution in [1.29, 1.82) is 0 Å². The molecule has 5 heteroatoms. The number of benzene rings is 1. The average molecular weight is 347 g/mol. The summed E-state index contributed by atoms with van der Waals surface area (Å²) in [6.45, 7) is 12.4. The SMILES string of the molecule is CC(C)(C)[C@H](c1ccc2c(c1)CCO2)N1CCNCC1.Cl.Cl. The molecule has 1 atom stereocenters. The monoisotopic (exact) mass is 346 g/mol. The number of halogens is 2. The first-order valence-corrected chi connectivity index (χ1v) is 7.76. The molecule has 2 aliphatic rings. The van der Waals surface area contributed by atoms with Crippen LogP contribution in [-0.4, -0.2) is 37.7 Å². The zero-order chi connectivity index (χ0) is 14.2. The molecule has 1 saturated heterocycles. The minimum Gasteiger partial charge on any atom is -0.493 e. The molecular formula is C17H28Cl2N2O. The van der Waals surface area contributed by atoms with E-state index < -0.39 is 0 Å². The fraction of sp³-hybridized carbons (Fsp3) is 0.647. The van der Waals surface area contributed by atoms with Gasteiger partial charge in [-0.1, -0.05) is 32.9 Å². The second-order valence-corrected chi connectivity index (χ2v) is 7.02. The first-order chi connectivity index (χ1) is 9.55. The van der Waals surface area contributed by atoms with Crippen molar-refractivity contribution in [2.24, 2.45) is 5.41 Å². The van der Waals surface area contributed by atoms with Crippen LogP contribution < -0.4 is 10.1 Å². The maximum atomic E-state index is 5.64. The Morgan fingerprint density at radius 1 is 1.14 bits per heavy atom. The molecule has 3 rings (SSSR count). The molecule has 0 saturated carbocycles. The van der Waals surface area contributed by atoms with Gasteiger partial charge < -0.3 is 10.1 Å². The topological polar surface area (TPSA) is 24.5 Å². The number of nitrogens with zero attached hydrogens (tertiary/aromatic N) is 1. The highest BCUT2D eigenvalue weighted by atomic mass is 35.5. The molecule has 0 unspecified atom stereocenters. The molecule has 0 bridgehead atoms. The van der Waals surface area contributed by atoms with Gasteiger partial charge in [-0.3, -0.25) is 4.90 Å². The molecule has 3 nitrogen and oxygen atoms in total. The van der Waals surface area contributed by atoms with Gasteiger partial charge in [0.05, 0.1) is 6.61 Å². The van der Waals surface area contributed by atoms with E-state index in [-0.39, 0.29) is 30.2 Å². The highest BCUT2D eigenvalue weighted by molar-refractivity contribution is 5.85. The second kappa shape index (κ2) is 7.87. The Morgan fingerprint density at radius 3 is 2.45 bits per heavy atom. The zero-order valence-corrected chi connectivity index (χ0v) is 15.4. The number of hydrogen-bond donors (Lipinski definition) is 1. The van der Waals surface area contributed by atoms with Gasteiger partial charge in [0.2, 0.25) is 0 Å². The van der Waals surface area contributed by atoms with Crippen LogP contribution in [0.15, 0.2) is 18.2 Å². The molecule has 1 N–H and O–H groups in total. The van der Waals surface area contributed by atoms with E-state index in [1.807, 2.05) is 0 Å². The summed E-state index contributed by atoms with van der Waals surface area (Å²) < 4.78 is 5.64. The molecule has 22 heavy (non-hydrogen) atoms. The third-order valence-electron chi connectivity index (χ3n) is 4.37. The molecule has 0 amide bonds. The molecule has 0 radical (unpaired) electrons. The van der Waals surface area contributed by atoms with Crippen molar-refractivity contribution in [3.63, 3.8) is 0 Å². The van der Waals surface area contributed by atoms with Crippen LogP contribution in [0.5, 0.6) is 5.75 Å². The van der Waals surface area contributed by atoms with Crippen molar-refractivity contribution in [2.45, 2.75) is 33.2 Å². The van der Waals surface area contributed by atoms with E-state index in [1.165, 1.54) is 11.1 Å². The maximum Gasteiger partial charge on any atom is 0.122 e. The van der Waals surface area contributed by atoms with Crippen molar-refractivity contribution in [1.82, 2.24) is 10.2 Å². The van der Waals surface area contributed by atoms with Gasteiger partial charge in [0.1, 0.15) is 5.75 Å². The average Bonchev–Trinajstić information content (AvgIpc) is 2.86. The van der Waals surface area contributed by atoms with Gasteiger partial charge >= 0.3 is 0 Å². The standard InChI is InChI=1S/C17H26N2O.2ClH/c1-17(2,3)16(19-9-7-18-8-10-19)14-4-5-15-13(12-14)6-11-20-15;;/h4-5,12,16,18H,6-11H2,1-3H3;2*1H/t16-;;/m0../s1. The summed E-state index contributed by atoms with van der Waals surface area (Å²) in [7, 11) is 0. The molecule has 1 aromatic rings. The Hall–Kier alpha value is -0.480. The summed E-state index contributed by atoms with van der Waals surface area (Å²) in [5.74, 6) is 1.08. The fourth-order valence-corrected chi connectivity index (χ4v) is 3.58. The van der Waals surface area contributed by atoms with Crippen LogP contribution in [0.4, 0.5) is 0 Å². The van der Waals surface area contributed by atoms with Crippen molar-refractivity contribution in [2.75, 3.05) is 32.8 Å². The normalized spacial score (nSPS) is 19.4. The van der Waals surface area contributed by atoms with Gasteiger partial charge in [0, 0.05) is 38.6 Å². The Morgan fingerprint density at radius 2 is 1.82 bits per heavy atom. The van der Waals surface area contributed by atoms with Gasteiger partial charge in [0.25, 0.3) is 0 Å². The summed E-state index contributed by atoms with van der Waals surface area (Å²) in [5.41, 5.74) is 3.07. The number of piperazine rings is 1.